The summed E-state index contributed by atoms with van der Waals surface area (Å²) in [5.74, 6) is -8.01. The molecule has 16 heteroatoms. The number of carbonyl (C=O) groups excluding carboxylic acids is 3. The number of unbranched alkanes of at least 4 members (excludes halogenated alkanes) is 1. The van der Waals surface area contributed by atoms with Gasteiger partial charge >= 0.3 is 23.9 Å². The second-order valence-corrected chi connectivity index (χ2v) is 8.21. The highest BCUT2D eigenvalue weighted by Crippen LogP contribution is 2.07. The van der Waals surface area contributed by atoms with Crippen molar-refractivity contribution >= 4 is 41.6 Å². The molecular weight excluding hydrogens is 498 g/mol. The first-order valence-electron chi connectivity index (χ1n) is 11.5. The number of carboxylic acid groups (broad SMARTS) is 4. The molecule has 0 bridgehead atoms. The molecule has 4 atom stereocenters. The molecule has 0 fully saturated rings. The van der Waals surface area contributed by atoms with E-state index in [-0.39, 0.29) is 25.8 Å². The SMILES string of the molecule is NCCCCC(NC(=O)C(CCC(=O)O)NC(=O)C(N)CCC(=O)O)C(=O)NC(CCC(=O)O)C(=O)O. The zero-order chi connectivity index (χ0) is 28.5. The number of carbonyl (C=O) groups is 7. The zero-order valence-corrected chi connectivity index (χ0v) is 20.2. The Morgan fingerprint density at radius 1 is 0.568 bits per heavy atom. The van der Waals surface area contributed by atoms with Crippen LogP contribution in [0.1, 0.15) is 57.8 Å². The Bertz CT molecular complexity index is 836. The standard InChI is InChI=1S/C21H35N5O11/c22-10-2-1-3-12(19(34)26-14(21(36)37)6-9-17(31)32)25-20(35)13(5-8-16(29)30)24-18(33)11(23)4-7-15(27)28/h11-14H,1-10,22-23H2,(H,24,33)(H,25,35)(H,26,34)(H,27,28)(H,29,30)(H,31,32)(H,36,37). The molecule has 0 aliphatic heterocycles. The van der Waals surface area contributed by atoms with E-state index in [2.05, 4.69) is 16.0 Å². The van der Waals surface area contributed by atoms with Gasteiger partial charge in [-0.05, 0) is 45.1 Å². The number of rotatable bonds is 20. The topological polar surface area (TPSA) is 289 Å². The lowest BCUT2D eigenvalue weighted by atomic mass is 10.0. The molecule has 0 spiro atoms. The lowest BCUT2D eigenvalue weighted by Gasteiger charge is -2.25. The van der Waals surface area contributed by atoms with Gasteiger partial charge in [0.15, 0.2) is 0 Å². The molecule has 0 aliphatic rings. The number of hydrogen-bond donors (Lipinski definition) is 9. The normalized spacial score (nSPS) is 13.9. The van der Waals surface area contributed by atoms with Crippen LogP contribution in [-0.4, -0.2) is 92.7 Å². The average molecular weight is 534 g/mol. The largest absolute Gasteiger partial charge is 0.481 e. The van der Waals surface area contributed by atoms with E-state index in [1.54, 1.807) is 0 Å². The van der Waals surface area contributed by atoms with E-state index in [9.17, 15) is 38.7 Å². The number of carboxylic acids is 4. The van der Waals surface area contributed by atoms with Gasteiger partial charge in [0, 0.05) is 19.3 Å². The van der Waals surface area contributed by atoms with Crippen molar-refractivity contribution in [2.24, 2.45) is 11.5 Å². The van der Waals surface area contributed by atoms with Gasteiger partial charge < -0.3 is 47.8 Å². The third kappa shape index (κ3) is 15.0. The summed E-state index contributed by atoms with van der Waals surface area (Å²) in [7, 11) is 0. The van der Waals surface area contributed by atoms with Crippen molar-refractivity contribution in [1.29, 1.82) is 0 Å². The van der Waals surface area contributed by atoms with E-state index in [1.807, 2.05) is 0 Å². The molecule has 0 saturated heterocycles. The maximum Gasteiger partial charge on any atom is 0.326 e. The Labute approximate surface area is 212 Å². The Morgan fingerprint density at radius 2 is 0.973 bits per heavy atom. The van der Waals surface area contributed by atoms with Crippen molar-refractivity contribution in [2.75, 3.05) is 6.54 Å². The molecule has 37 heavy (non-hydrogen) atoms. The Balaban J connectivity index is 5.58. The van der Waals surface area contributed by atoms with Crippen molar-refractivity contribution < 1.29 is 54.0 Å². The van der Waals surface area contributed by atoms with Crippen molar-refractivity contribution in [3.05, 3.63) is 0 Å². The van der Waals surface area contributed by atoms with Crippen LogP contribution in [-0.2, 0) is 33.6 Å². The summed E-state index contributed by atoms with van der Waals surface area (Å²) in [5, 5.41) is 42.6. The molecule has 0 aliphatic carbocycles. The predicted molar refractivity (Wildman–Crippen MR) is 125 cm³/mol. The van der Waals surface area contributed by atoms with Crippen LogP contribution in [0.4, 0.5) is 0 Å². The monoisotopic (exact) mass is 533 g/mol. The fourth-order valence-electron chi connectivity index (χ4n) is 3.06. The van der Waals surface area contributed by atoms with E-state index in [0.29, 0.717) is 12.8 Å². The summed E-state index contributed by atoms with van der Waals surface area (Å²) in [6.07, 6.45) is -1.72. The van der Waals surface area contributed by atoms with Crippen LogP contribution in [0.5, 0.6) is 0 Å². The minimum Gasteiger partial charge on any atom is -0.481 e. The van der Waals surface area contributed by atoms with Crippen molar-refractivity contribution in [3.63, 3.8) is 0 Å². The van der Waals surface area contributed by atoms with Gasteiger partial charge in [0.05, 0.1) is 6.04 Å². The van der Waals surface area contributed by atoms with Gasteiger partial charge in [0.2, 0.25) is 17.7 Å². The van der Waals surface area contributed by atoms with Crippen molar-refractivity contribution in [3.8, 4) is 0 Å². The molecule has 4 unspecified atom stereocenters. The molecular formula is C21H35N5O11. The summed E-state index contributed by atoms with van der Waals surface area (Å²) in [6, 6.07) is -5.61. The van der Waals surface area contributed by atoms with Gasteiger partial charge in [-0.15, -0.1) is 0 Å². The number of hydrogen-bond acceptors (Lipinski definition) is 9. The Hall–Kier alpha value is -3.79. The Morgan fingerprint density at radius 3 is 1.43 bits per heavy atom. The maximum atomic E-state index is 12.9. The minimum absolute atomic E-state index is 0.0117. The molecule has 0 radical (unpaired) electrons. The third-order valence-electron chi connectivity index (χ3n) is 5.13. The van der Waals surface area contributed by atoms with E-state index >= 15 is 0 Å². The first-order valence-corrected chi connectivity index (χ1v) is 11.5. The van der Waals surface area contributed by atoms with Gasteiger partial charge in [-0.25, -0.2) is 4.79 Å². The van der Waals surface area contributed by atoms with Crippen LogP contribution in [0.2, 0.25) is 0 Å². The van der Waals surface area contributed by atoms with E-state index in [1.165, 1.54) is 0 Å². The lowest BCUT2D eigenvalue weighted by molar-refractivity contribution is -0.143. The zero-order valence-electron chi connectivity index (χ0n) is 20.2. The number of amides is 3. The smallest absolute Gasteiger partial charge is 0.326 e. The molecule has 11 N–H and O–H groups in total. The van der Waals surface area contributed by atoms with Gasteiger partial charge in [-0.3, -0.25) is 28.8 Å². The fourth-order valence-corrected chi connectivity index (χ4v) is 3.06. The summed E-state index contributed by atoms with van der Waals surface area (Å²) < 4.78 is 0. The highest BCUT2D eigenvalue weighted by molar-refractivity contribution is 5.94. The number of aliphatic carboxylic acids is 4. The second kappa shape index (κ2) is 17.6. The lowest BCUT2D eigenvalue weighted by Crippen LogP contribution is -2.57. The average Bonchev–Trinajstić information content (AvgIpc) is 2.81. The van der Waals surface area contributed by atoms with Crippen molar-refractivity contribution in [2.45, 2.75) is 82.0 Å². The quantitative estimate of drug-likeness (QED) is 0.0737. The fraction of sp³-hybridized carbons (Fsp3) is 0.667. The minimum atomic E-state index is -1.55. The summed E-state index contributed by atoms with van der Waals surface area (Å²) in [5.41, 5.74) is 11.1. The van der Waals surface area contributed by atoms with Crippen LogP contribution in [0.25, 0.3) is 0 Å². The maximum absolute atomic E-state index is 12.9. The van der Waals surface area contributed by atoms with E-state index in [4.69, 9.17) is 26.8 Å². The molecule has 16 nitrogen and oxygen atoms in total. The van der Waals surface area contributed by atoms with Gasteiger partial charge in [0.1, 0.15) is 18.1 Å². The predicted octanol–water partition coefficient (Wildman–Crippen LogP) is -2.42. The van der Waals surface area contributed by atoms with Crippen LogP contribution < -0.4 is 27.4 Å². The summed E-state index contributed by atoms with van der Waals surface area (Å²) in [4.78, 5) is 81.9. The van der Waals surface area contributed by atoms with Crippen molar-refractivity contribution in [1.82, 2.24) is 16.0 Å². The summed E-state index contributed by atoms with van der Waals surface area (Å²) in [6.45, 7) is 0.268. The first kappa shape index (κ1) is 33.2. The van der Waals surface area contributed by atoms with Crippen LogP contribution in [0, 0.1) is 0 Å². The number of nitrogens with two attached hydrogens (primary N) is 2. The van der Waals surface area contributed by atoms with Crippen LogP contribution in [0.15, 0.2) is 0 Å². The number of nitrogens with one attached hydrogen (secondary N) is 3. The van der Waals surface area contributed by atoms with Crippen LogP contribution in [0.3, 0.4) is 0 Å². The van der Waals surface area contributed by atoms with Gasteiger partial charge in [-0.1, -0.05) is 0 Å². The molecule has 0 rings (SSSR count). The second-order valence-electron chi connectivity index (χ2n) is 8.21. The first-order chi connectivity index (χ1) is 17.3. The van der Waals surface area contributed by atoms with Gasteiger partial charge in [-0.2, -0.15) is 0 Å². The molecule has 210 valence electrons. The van der Waals surface area contributed by atoms with E-state index in [0.717, 1.165) is 0 Å². The summed E-state index contributed by atoms with van der Waals surface area (Å²) >= 11 is 0. The highest BCUT2D eigenvalue weighted by atomic mass is 16.4. The Kier molecular flexibility index (Phi) is 15.8. The molecule has 0 aromatic carbocycles. The highest BCUT2D eigenvalue weighted by Gasteiger charge is 2.30. The molecule has 0 aromatic heterocycles. The van der Waals surface area contributed by atoms with Crippen LogP contribution >= 0.6 is 0 Å². The van der Waals surface area contributed by atoms with Gasteiger partial charge in [0.25, 0.3) is 0 Å². The molecule has 0 heterocycles. The third-order valence-corrected chi connectivity index (χ3v) is 5.13. The molecule has 3 amide bonds. The molecule has 0 saturated carbocycles. The molecule has 0 aromatic rings. The van der Waals surface area contributed by atoms with E-state index < -0.39 is 91.4 Å².